The lowest BCUT2D eigenvalue weighted by molar-refractivity contribution is 0.0782. The third-order valence-corrected chi connectivity index (χ3v) is 4.38. The number of piperazine rings is 1. The SMILES string of the molecule is Cc1cncc(CN2CC(C(C)C)NCC2C(C)C)c1. The van der Waals surface area contributed by atoms with E-state index in [1.807, 2.05) is 12.4 Å². The molecule has 1 aliphatic rings. The minimum Gasteiger partial charge on any atom is -0.311 e. The van der Waals surface area contributed by atoms with Crippen molar-refractivity contribution in [1.82, 2.24) is 15.2 Å². The van der Waals surface area contributed by atoms with Crippen molar-refractivity contribution in [3.8, 4) is 0 Å². The van der Waals surface area contributed by atoms with Gasteiger partial charge in [-0.05, 0) is 29.9 Å². The highest BCUT2D eigenvalue weighted by molar-refractivity contribution is 5.16. The molecular weight excluding hydrogens is 246 g/mol. The fourth-order valence-corrected chi connectivity index (χ4v) is 3.08. The van der Waals surface area contributed by atoms with E-state index in [9.17, 15) is 0 Å². The average molecular weight is 275 g/mol. The van der Waals surface area contributed by atoms with Crippen LogP contribution in [-0.2, 0) is 6.54 Å². The van der Waals surface area contributed by atoms with E-state index < -0.39 is 0 Å². The Morgan fingerprint density at radius 2 is 2.00 bits per heavy atom. The molecule has 0 aliphatic carbocycles. The van der Waals surface area contributed by atoms with Crippen molar-refractivity contribution in [2.45, 2.75) is 53.2 Å². The zero-order valence-corrected chi connectivity index (χ0v) is 13.6. The van der Waals surface area contributed by atoms with Gasteiger partial charge in [-0.25, -0.2) is 0 Å². The van der Waals surface area contributed by atoms with E-state index in [0.717, 1.165) is 19.6 Å². The summed E-state index contributed by atoms with van der Waals surface area (Å²) in [6.07, 6.45) is 3.94. The number of rotatable bonds is 4. The summed E-state index contributed by atoms with van der Waals surface area (Å²) in [6, 6.07) is 3.48. The molecule has 2 unspecified atom stereocenters. The lowest BCUT2D eigenvalue weighted by Crippen LogP contribution is -2.59. The van der Waals surface area contributed by atoms with Crippen LogP contribution in [0.1, 0.15) is 38.8 Å². The van der Waals surface area contributed by atoms with Crippen LogP contribution < -0.4 is 5.32 Å². The first kappa shape index (κ1) is 15.5. The first-order valence-corrected chi connectivity index (χ1v) is 7.85. The molecule has 3 nitrogen and oxygen atoms in total. The van der Waals surface area contributed by atoms with Crippen molar-refractivity contribution in [2.24, 2.45) is 11.8 Å². The standard InChI is InChI=1S/C17H29N3/c1-12(2)16-11-20(17(9-19-16)13(3)4)10-15-6-14(5)7-18-8-15/h6-8,12-13,16-17,19H,9-11H2,1-5H3. The monoisotopic (exact) mass is 275 g/mol. The second-order valence-corrected chi connectivity index (χ2v) is 6.87. The molecule has 1 fully saturated rings. The Morgan fingerprint density at radius 3 is 2.60 bits per heavy atom. The van der Waals surface area contributed by atoms with E-state index in [2.05, 4.69) is 55.9 Å². The topological polar surface area (TPSA) is 28.2 Å². The minimum absolute atomic E-state index is 0.600. The van der Waals surface area contributed by atoms with Crippen LogP contribution in [0.2, 0.25) is 0 Å². The molecule has 2 heterocycles. The average Bonchev–Trinajstić information content (AvgIpc) is 2.38. The summed E-state index contributed by atoms with van der Waals surface area (Å²) in [5, 5.41) is 3.72. The molecular formula is C17H29N3. The van der Waals surface area contributed by atoms with Crippen LogP contribution in [0.4, 0.5) is 0 Å². The van der Waals surface area contributed by atoms with Gasteiger partial charge in [-0.1, -0.05) is 33.8 Å². The molecule has 0 radical (unpaired) electrons. The second-order valence-electron chi connectivity index (χ2n) is 6.87. The summed E-state index contributed by atoms with van der Waals surface area (Å²) < 4.78 is 0. The Kier molecular flexibility index (Phi) is 5.17. The van der Waals surface area contributed by atoms with Crippen LogP contribution in [0.25, 0.3) is 0 Å². The molecule has 0 amide bonds. The molecule has 0 saturated carbocycles. The molecule has 2 atom stereocenters. The number of aromatic nitrogens is 1. The van der Waals surface area contributed by atoms with E-state index in [1.54, 1.807) is 0 Å². The maximum absolute atomic E-state index is 4.33. The summed E-state index contributed by atoms with van der Waals surface area (Å²) >= 11 is 0. The highest BCUT2D eigenvalue weighted by atomic mass is 15.2. The molecule has 1 N–H and O–H groups in total. The number of aryl methyl sites for hydroxylation is 1. The van der Waals surface area contributed by atoms with Crippen LogP contribution in [-0.4, -0.2) is 35.1 Å². The zero-order valence-electron chi connectivity index (χ0n) is 13.6. The van der Waals surface area contributed by atoms with Gasteiger partial charge in [0.25, 0.3) is 0 Å². The first-order valence-electron chi connectivity index (χ1n) is 7.85. The summed E-state index contributed by atoms with van der Waals surface area (Å²) in [7, 11) is 0. The largest absolute Gasteiger partial charge is 0.311 e. The van der Waals surface area contributed by atoms with Crippen molar-refractivity contribution in [1.29, 1.82) is 0 Å². The minimum atomic E-state index is 0.600. The van der Waals surface area contributed by atoms with Crippen LogP contribution in [0.15, 0.2) is 18.5 Å². The summed E-state index contributed by atoms with van der Waals surface area (Å²) in [5.74, 6) is 1.36. The predicted molar refractivity (Wildman–Crippen MR) is 84.6 cm³/mol. The quantitative estimate of drug-likeness (QED) is 0.916. The van der Waals surface area contributed by atoms with Crippen LogP contribution in [0, 0.1) is 18.8 Å². The summed E-state index contributed by atoms with van der Waals surface area (Å²) in [4.78, 5) is 6.97. The van der Waals surface area contributed by atoms with Crippen LogP contribution in [0.5, 0.6) is 0 Å². The fraction of sp³-hybridized carbons (Fsp3) is 0.706. The smallest absolute Gasteiger partial charge is 0.0313 e. The molecule has 1 aromatic heterocycles. The first-order chi connectivity index (χ1) is 9.47. The van der Waals surface area contributed by atoms with Crippen LogP contribution >= 0.6 is 0 Å². The molecule has 1 aliphatic heterocycles. The maximum Gasteiger partial charge on any atom is 0.0313 e. The number of nitrogens with one attached hydrogen (secondary N) is 1. The third kappa shape index (κ3) is 3.80. The number of hydrogen-bond donors (Lipinski definition) is 1. The summed E-state index contributed by atoms with van der Waals surface area (Å²) in [6.45, 7) is 14.6. The molecule has 1 aromatic rings. The lowest BCUT2D eigenvalue weighted by atomic mass is 9.94. The lowest BCUT2D eigenvalue weighted by Gasteiger charge is -2.43. The van der Waals surface area contributed by atoms with Gasteiger partial charge in [-0.2, -0.15) is 0 Å². The van der Waals surface area contributed by atoms with E-state index in [1.165, 1.54) is 11.1 Å². The van der Waals surface area contributed by atoms with E-state index >= 15 is 0 Å². The number of pyridine rings is 1. The van der Waals surface area contributed by atoms with Crippen molar-refractivity contribution < 1.29 is 0 Å². The Bertz CT molecular complexity index is 428. The molecule has 0 aromatic carbocycles. The Labute approximate surface area is 123 Å². The van der Waals surface area contributed by atoms with Gasteiger partial charge in [-0.15, -0.1) is 0 Å². The zero-order chi connectivity index (χ0) is 14.7. The van der Waals surface area contributed by atoms with Crippen molar-refractivity contribution in [3.63, 3.8) is 0 Å². The predicted octanol–water partition coefficient (Wildman–Crippen LogP) is 2.84. The van der Waals surface area contributed by atoms with Gasteiger partial charge in [0.1, 0.15) is 0 Å². The molecule has 0 spiro atoms. The highest BCUT2D eigenvalue weighted by Gasteiger charge is 2.30. The van der Waals surface area contributed by atoms with E-state index in [0.29, 0.717) is 23.9 Å². The normalized spacial score (nSPS) is 24.6. The molecule has 0 bridgehead atoms. The Hall–Kier alpha value is -0.930. The second kappa shape index (κ2) is 6.68. The Balaban J connectivity index is 2.11. The molecule has 20 heavy (non-hydrogen) atoms. The number of nitrogens with zero attached hydrogens (tertiary/aromatic N) is 2. The molecule has 3 heteroatoms. The van der Waals surface area contributed by atoms with Gasteiger partial charge in [-0.3, -0.25) is 9.88 Å². The van der Waals surface area contributed by atoms with Gasteiger partial charge >= 0.3 is 0 Å². The van der Waals surface area contributed by atoms with Gasteiger partial charge in [0.2, 0.25) is 0 Å². The molecule has 1 saturated heterocycles. The number of hydrogen-bond acceptors (Lipinski definition) is 3. The Morgan fingerprint density at radius 1 is 1.25 bits per heavy atom. The van der Waals surface area contributed by atoms with Crippen molar-refractivity contribution in [3.05, 3.63) is 29.6 Å². The summed E-state index contributed by atoms with van der Waals surface area (Å²) in [5.41, 5.74) is 2.58. The van der Waals surface area contributed by atoms with Crippen LogP contribution in [0.3, 0.4) is 0 Å². The van der Waals surface area contributed by atoms with Crippen molar-refractivity contribution in [2.75, 3.05) is 13.1 Å². The van der Waals surface area contributed by atoms with E-state index in [4.69, 9.17) is 0 Å². The van der Waals surface area contributed by atoms with Gasteiger partial charge in [0.15, 0.2) is 0 Å². The fourth-order valence-electron chi connectivity index (χ4n) is 3.08. The molecule has 112 valence electrons. The maximum atomic E-state index is 4.33. The van der Waals surface area contributed by atoms with Gasteiger partial charge in [0.05, 0.1) is 0 Å². The highest BCUT2D eigenvalue weighted by Crippen LogP contribution is 2.20. The van der Waals surface area contributed by atoms with Gasteiger partial charge < -0.3 is 5.32 Å². The molecule has 2 rings (SSSR count). The van der Waals surface area contributed by atoms with E-state index in [-0.39, 0.29) is 0 Å². The van der Waals surface area contributed by atoms with Crippen molar-refractivity contribution >= 4 is 0 Å². The van der Waals surface area contributed by atoms with Gasteiger partial charge in [0, 0.05) is 44.1 Å². The third-order valence-electron chi connectivity index (χ3n) is 4.38.